The minimum Gasteiger partial charge on any atom is -0.298 e. The van der Waals surface area contributed by atoms with Crippen molar-refractivity contribution in [1.29, 1.82) is 0 Å². The van der Waals surface area contributed by atoms with Gasteiger partial charge in [-0.05, 0) is 31.2 Å². The largest absolute Gasteiger partial charge is 0.298 e. The highest BCUT2D eigenvalue weighted by Gasteiger charge is 2.23. The Hall–Kier alpha value is -1.26. The van der Waals surface area contributed by atoms with Crippen molar-refractivity contribution in [2.75, 3.05) is 32.7 Å². The van der Waals surface area contributed by atoms with Crippen LogP contribution in [0.3, 0.4) is 0 Å². The van der Waals surface area contributed by atoms with Gasteiger partial charge in [0, 0.05) is 32.1 Å². The fourth-order valence-corrected chi connectivity index (χ4v) is 2.82. The van der Waals surface area contributed by atoms with Crippen LogP contribution in [0.15, 0.2) is 24.3 Å². The van der Waals surface area contributed by atoms with Crippen molar-refractivity contribution in [3.8, 4) is 0 Å². The number of carbonyl (C=O) groups is 1. The molecule has 1 aliphatic rings. The first-order valence-electron chi connectivity index (χ1n) is 7.31. The Kier molecular flexibility index (Phi) is 5.26. The Balaban J connectivity index is 1.81. The summed E-state index contributed by atoms with van der Waals surface area (Å²) in [4.78, 5) is 16.7. The molecular formula is C16H23FN2O. The lowest BCUT2D eigenvalue weighted by molar-refractivity contribution is -0.120. The van der Waals surface area contributed by atoms with E-state index in [1.807, 2.05) is 0 Å². The van der Waals surface area contributed by atoms with Crippen LogP contribution in [0, 0.1) is 5.82 Å². The van der Waals surface area contributed by atoms with Gasteiger partial charge in [0.05, 0.1) is 6.54 Å². The van der Waals surface area contributed by atoms with Crippen LogP contribution in [0.2, 0.25) is 0 Å². The van der Waals surface area contributed by atoms with Gasteiger partial charge in [-0.25, -0.2) is 4.39 Å². The molecule has 0 saturated carbocycles. The SMILES string of the molecule is CCN1CCN(CC(=O)Cc2ccc(F)cc2)CC1C. The van der Waals surface area contributed by atoms with E-state index in [0.717, 1.165) is 31.7 Å². The molecule has 1 atom stereocenters. The van der Waals surface area contributed by atoms with Crippen LogP contribution in [0.4, 0.5) is 4.39 Å². The molecule has 3 nitrogen and oxygen atoms in total. The summed E-state index contributed by atoms with van der Waals surface area (Å²) < 4.78 is 12.8. The molecule has 4 heteroatoms. The normalized spacial score (nSPS) is 21.1. The molecule has 0 N–H and O–H groups in total. The van der Waals surface area contributed by atoms with Gasteiger partial charge in [-0.2, -0.15) is 0 Å². The predicted molar refractivity (Wildman–Crippen MR) is 78.3 cm³/mol. The quantitative estimate of drug-likeness (QED) is 0.822. The average Bonchev–Trinajstić information content (AvgIpc) is 2.41. The highest BCUT2D eigenvalue weighted by atomic mass is 19.1. The van der Waals surface area contributed by atoms with E-state index in [1.165, 1.54) is 12.1 Å². The predicted octanol–water partition coefficient (Wildman–Crippen LogP) is 1.96. The topological polar surface area (TPSA) is 23.6 Å². The molecule has 2 rings (SSSR count). The monoisotopic (exact) mass is 278 g/mol. The van der Waals surface area contributed by atoms with Crippen LogP contribution in [0.1, 0.15) is 19.4 Å². The molecule has 1 heterocycles. The summed E-state index contributed by atoms with van der Waals surface area (Å²) in [5.41, 5.74) is 0.886. The van der Waals surface area contributed by atoms with Crippen LogP contribution < -0.4 is 0 Å². The Morgan fingerprint density at radius 2 is 2.00 bits per heavy atom. The van der Waals surface area contributed by atoms with E-state index in [2.05, 4.69) is 23.6 Å². The van der Waals surface area contributed by atoms with Crippen molar-refractivity contribution < 1.29 is 9.18 Å². The molecule has 0 aromatic heterocycles. The van der Waals surface area contributed by atoms with E-state index in [9.17, 15) is 9.18 Å². The number of carbonyl (C=O) groups excluding carboxylic acids is 1. The second-order valence-corrected chi connectivity index (χ2v) is 5.55. The van der Waals surface area contributed by atoms with E-state index >= 15 is 0 Å². The molecule has 1 unspecified atom stereocenters. The first kappa shape index (κ1) is 15.1. The number of nitrogens with zero attached hydrogens (tertiary/aromatic N) is 2. The van der Waals surface area contributed by atoms with E-state index in [-0.39, 0.29) is 11.6 Å². The zero-order valence-corrected chi connectivity index (χ0v) is 12.3. The van der Waals surface area contributed by atoms with Gasteiger partial charge in [0.25, 0.3) is 0 Å². The Morgan fingerprint density at radius 1 is 1.30 bits per heavy atom. The minimum absolute atomic E-state index is 0.203. The van der Waals surface area contributed by atoms with Gasteiger partial charge in [0.1, 0.15) is 5.82 Å². The average molecular weight is 278 g/mol. The summed E-state index contributed by atoms with van der Waals surface area (Å²) in [5, 5.41) is 0. The first-order chi connectivity index (χ1) is 9.58. The molecule has 110 valence electrons. The van der Waals surface area contributed by atoms with E-state index in [1.54, 1.807) is 12.1 Å². The maximum atomic E-state index is 12.8. The number of benzene rings is 1. The van der Waals surface area contributed by atoms with Gasteiger partial charge in [-0.1, -0.05) is 19.1 Å². The van der Waals surface area contributed by atoms with Crippen molar-refractivity contribution in [3.63, 3.8) is 0 Å². The van der Waals surface area contributed by atoms with E-state index < -0.39 is 0 Å². The molecule has 1 aromatic carbocycles. The second kappa shape index (κ2) is 6.95. The fourth-order valence-electron chi connectivity index (χ4n) is 2.82. The number of hydrogen-bond donors (Lipinski definition) is 0. The zero-order valence-electron chi connectivity index (χ0n) is 12.3. The Labute approximate surface area is 120 Å². The number of halogens is 1. The second-order valence-electron chi connectivity index (χ2n) is 5.55. The number of likely N-dealkylation sites (N-methyl/N-ethyl adjacent to an activating group) is 1. The highest BCUT2D eigenvalue weighted by Crippen LogP contribution is 2.10. The molecule has 20 heavy (non-hydrogen) atoms. The van der Waals surface area contributed by atoms with Crippen LogP contribution in [0.25, 0.3) is 0 Å². The molecule has 1 fully saturated rings. The third kappa shape index (κ3) is 4.12. The smallest absolute Gasteiger partial charge is 0.151 e. The molecule has 0 aliphatic carbocycles. The maximum absolute atomic E-state index is 12.8. The fraction of sp³-hybridized carbons (Fsp3) is 0.562. The van der Waals surface area contributed by atoms with Crippen molar-refractivity contribution in [3.05, 3.63) is 35.6 Å². The van der Waals surface area contributed by atoms with Gasteiger partial charge in [-0.3, -0.25) is 14.6 Å². The lowest BCUT2D eigenvalue weighted by Gasteiger charge is -2.39. The van der Waals surface area contributed by atoms with E-state index in [0.29, 0.717) is 19.0 Å². The third-order valence-corrected chi connectivity index (χ3v) is 3.97. The van der Waals surface area contributed by atoms with Gasteiger partial charge in [0.15, 0.2) is 5.78 Å². The maximum Gasteiger partial charge on any atom is 0.151 e. The molecule has 0 amide bonds. The molecule has 1 saturated heterocycles. The zero-order chi connectivity index (χ0) is 14.5. The highest BCUT2D eigenvalue weighted by molar-refractivity contribution is 5.82. The molecule has 1 aromatic rings. The summed E-state index contributed by atoms with van der Waals surface area (Å²) >= 11 is 0. The van der Waals surface area contributed by atoms with Gasteiger partial charge < -0.3 is 0 Å². The van der Waals surface area contributed by atoms with Crippen molar-refractivity contribution in [1.82, 2.24) is 9.80 Å². The van der Waals surface area contributed by atoms with Crippen molar-refractivity contribution in [2.45, 2.75) is 26.3 Å². The third-order valence-electron chi connectivity index (χ3n) is 3.97. The number of ketones is 1. The van der Waals surface area contributed by atoms with Crippen LogP contribution >= 0.6 is 0 Å². The summed E-state index contributed by atoms with van der Waals surface area (Å²) in [5.74, 6) is -0.0560. The van der Waals surface area contributed by atoms with Crippen LogP contribution in [0.5, 0.6) is 0 Å². The summed E-state index contributed by atoms with van der Waals surface area (Å²) in [7, 11) is 0. The molecule has 0 radical (unpaired) electrons. The lowest BCUT2D eigenvalue weighted by Crippen LogP contribution is -2.52. The molecule has 1 aliphatic heterocycles. The molecule has 0 spiro atoms. The number of Topliss-reactive ketones (excluding diaryl/α,β-unsaturated/α-hetero) is 1. The van der Waals surface area contributed by atoms with Crippen molar-refractivity contribution >= 4 is 5.78 Å². The van der Waals surface area contributed by atoms with Gasteiger partial charge in [-0.15, -0.1) is 0 Å². The van der Waals surface area contributed by atoms with Crippen LogP contribution in [-0.2, 0) is 11.2 Å². The van der Waals surface area contributed by atoms with Crippen LogP contribution in [-0.4, -0.2) is 54.3 Å². The summed E-state index contributed by atoms with van der Waals surface area (Å²) in [6, 6.07) is 6.69. The number of rotatable bonds is 5. The number of piperazine rings is 1. The van der Waals surface area contributed by atoms with E-state index in [4.69, 9.17) is 0 Å². The molecule has 0 bridgehead atoms. The lowest BCUT2D eigenvalue weighted by atomic mass is 10.1. The minimum atomic E-state index is -0.259. The van der Waals surface area contributed by atoms with Gasteiger partial charge >= 0.3 is 0 Å². The van der Waals surface area contributed by atoms with Crippen molar-refractivity contribution in [2.24, 2.45) is 0 Å². The first-order valence-corrected chi connectivity index (χ1v) is 7.31. The summed E-state index contributed by atoms with van der Waals surface area (Å²) in [6.45, 7) is 8.88. The standard InChI is InChI=1S/C16H23FN2O/c1-3-19-9-8-18(11-13(19)2)12-16(20)10-14-4-6-15(17)7-5-14/h4-7,13H,3,8-12H2,1-2H3. The Morgan fingerprint density at radius 3 is 2.60 bits per heavy atom. The Bertz CT molecular complexity index is 446. The summed E-state index contributed by atoms with van der Waals surface area (Å²) in [6.07, 6.45) is 0.392. The van der Waals surface area contributed by atoms with Gasteiger partial charge in [0.2, 0.25) is 0 Å². The molecular weight excluding hydrogens is 255 g/mol. The number of hydrogen-bond acceptors (Lipinski definition) is 3.